The van der Waals surface area contributed by atoms with Crippen LogP contribution >= 0.6 is 0 Å². The molecule has 0 saturated heterocycles. The molecule has 6 nitrogen and oxygen atoms in total. The maximum atomic E-state index is 12.1. The first-order chi connectivity index (χ1) is 12.3. The van der Waals surface area contributed by atoms with Crippen molar-refractivity contribution in [2.24, 2.45) is 11.8 Å². The van der Waals surface area contributed by atoms with Crippen molar-refractivity contribution < 1.29 is 30.0 Å². The Kier molecular flexibility index (Phi) is 10.7. The summed E-state index contributed by atoms with van der Waals surface area (Å²) >= 11 is 0. The Bertz CT molecular complexity index is 461. The molecule has 0 bridgehead atoms. The molecule has 1 rings (SSSR count). The number of hydrogen-bond donors (Lipinski definition) is 4. The summed E-state index contributed by atoms with van der Waals surface area (Å²) in [6.07, 6.45) is 6.90. The summed E-state index contributed by atoms with van der Waals surface area (Å²) in [7, 11) is 0. The van der Waals surface area contributed by atoms with Crippen LogP contribution in [0.15, 0.2) is 12.2 Å². The lowest BCUT2D eigenvalue weighted by Gasteiger charge is -2.20. The van der Waals surface area contributed by atoms with Crippen molar-refractivity contribution in [1.29, 1.82) is 0 Å². The zero-order chi connectivity index (χ0) is 19.5. The van der Waals surface area contributed by atoms with E-state index in [2.05, 4.69) is 6.92 Å². The van der Waals surface area contributed by atoms with Gasteiger partial charge in [0.1, 0.15) is 5.78 Å². The predicted molar refractivity (Wildman–Crippen MR) is 98.6 cm³/mol. The molecule has 150 valence electrons. The van der Waals surface area contributed by atoms with Crippen molar-refractivity contribution in [3.63, 3.8) is 0 Å². The minimum atomic E-state index is -0.866. The van der Waals surface area contributed by atoms with Crippen molar-refractivity contribution in [2.45, 2.75) is 89.4 Å². The Morgan fingerprint density at radius 1 is 1.08 bits per heavy atom. The molecule has 26 heavy (non-hydrogen) atoms. The van der Waals surface area contributed by atoms with Crippen LogP contribution in [0, 0.1) is 11.8 Å². The van der Waals surface area contributed by atoms with E-state index in [1.807, 2.05) is 0 Å². The zero-order valence-corrected chi connectivity index (χ0v) is 15.7. The van der Waals surface area contributed by atoms with Gasteiger partial charge in [-0.3, -0.25) is 9.59 Å². The third kappa shape index (κ3) is 8.43. The van der Waals surface area contributed by atoms with Gasteiger partial charge in [-0.1, -0.05) is 38.3 Å². The van der Waals surface area contributed by atoms with Gasteiger partial charge in [-0.25, -0.2) is 0 Å². The molecule has 0 aromatic heterocycles. The Morgan fingerprint density at radius 3 is 2.42 bits per heavy atom. The molecule has 0 radical (unpaired) electrons. The molecule has 1 saturated carbocycles. The first-order valence-corrected chi connectivity index (χ1v) is 9.81. The van der Waals surface area contributed by atoms with Crippen molar-refractivity contribution in [3.05, 3.63) is 12.2 Å². The van der Waals surface area contributed by atoms with Crippen LogP contribution in [-0.4, -0.2) is 50.5 Å². The van der Waals surface area contributed by atoms with E-state index in [-0.39, 0.29) is 36.9 Å². The standard InChI is InChI=1S/C20H34O6/c1-2-3-4-7-14(21)10-11-16-17(19(24)13-18(16)23)12-15(22)8-5-6-9-20(25)26/h10-11,14,16-19,21,23-24H,2-9,12-13H2,1H3,(H,25,26)/b11-10+/t14-,16-,17-,18-,19+/m1/s1. The van der Waals surface area contributed by atoms with Gasteiger partial charge in [0.05, 0.1) is 18.3 Å². The van der Waals surface area contributed by atoms with E-state index in [0.29, 0.717) is 25.7 Å². The van der Waals surface area contributed by atoms with Crippen LogP contribution in [0.4, 0.5) is 0 Å². The number of rotatable bonds is 13. The smallest absolute Gasteiger partial charge is 0.303 e. The van der Waals surface area contributed by atoms with Crippen LogP contribution in [0.1, 0.15) is 71.1 Å². The SMILES string of the molecule is CCCCC[C@@H](O)/C=C/[C@@H]1[C@@H](CC(=O)CCCCC(=O)O)[C@@H](O)C[C@H]1O. The van der Waals surface area contributed by atoms with E-state index in [1.54, 1.807) is 12.2 Å². The van der Waals surface area contributed by atoms with Gasteiger partial charge in [0.15, 0.2) is 0 Å². The summed E-state index contributed by atoms with van der Waals surface area (Å²) in [6, 6.07) is 0. The third-order valence-corrected chi connectivity index (χ3v) is 5.13. The van der Waals surface area contributed by atoms with Crippen molar-refractivity contribution in [2.75, 3.05) is 0 Å². The average molecular weight is 370 g/mol. The summed E-state index contributed by atoms with van der Waals surface area (Å²) in [5.41, 5.74) is 0. The van der Waals surface area contributed by atoms with E-state index >= 15 is 0 Å². The second-order valence-corrected chi connectivity index (χ2v) is 7.40. The fraction of sp³-hybridized carbons (Fsp3) is 0.800. The number of aliphatic hydroxyl groups excluding tert-OH is 3. The number of carboxylic acids is 1. The Hall–Kier alpha value is -1.24. The lowest BCUT2D eigenvalue weighted by molar-refractivity contribution is -0.137. The minimum Gasteiger partial charge on any atom is -0.481 e. The van der Waals surface area contributed by atoms with Gasteiger partial charge in [-0.15, -0.1) is 0 Å². The average Bonchev–Trinajstić information content (AvgIpc) is 2.83. The number of aliphatic carboxylic acids is 1. The number of aliphatic hydroxyl groups is 3. The van der Waals surface area contributed by atoms with Gasteiger partial charge in [-0.05, 0) is 19.3 Å². The van der Waals surface area contributed by atoms with Crippen molar-refractivity contribution in [1.82, 2.24) is 0 Å². The van der Waals surface area contributed by atoms with E-state index < -0.39 is 24.3 Å². The minimum absolute atomic E-state index is 0.0181. The number of carboxylic acid groups (broad SMARTS) is 1. The molecule has 4 N–H and O–H groups in total. The number of carbonyl (C=O) groups excluding carboxylic acids is 1. The number of hydrogen-bond acceptors (Lipinski definition) is 5. The number of carbonyl (C=O) groups is 2. The molecule has 0 aromatic carbocycles. The van der Waals surface area contributed by atoms with Gasteiger partial charge in [-0.2, -0.15) is 0 Å². The predicted octanol–water partition coefficient (Wildman–Crippen LogP) is 2.45. The largest absolute Gasteiger partial charge is 0.481 e. The normalized spacial score (nSPS) is 27.1. The fourth-order valence-electron chi connectivity index (χ4n) is 3.58. The second-order valence-electron chi connectivity index (χ2n) is 7.40. The lowest BCUT2D eigenvalue weighted by Crippen LogP contribution is -2.24. The van der Waals surface area contributed by atoms with Gasteiger partial charge >= 0.3 is 5.97 Å². The van der Waals surface area contributed by atoms with E-state index in [9.17, 15) is 24.9 Å². The van der Waals surface area contributed by atoms with E-state index in [4.69, 9.17) is 5.11 Å². The van der Waals surface area contributed by atoms with Crippen LogP contribution in [-0.2, 0) is 9.59 Å². The molecule has 0 heterocycles. The highest BCUT2D eigenvalue weighted by molar-refractivity contribution is 5.78. The molecule has 0 unspecified atom stereocenters. The van der Waals surface area contributed by atoms with Crippen molar-refractivity contribution >= 4 is 11.8 Å². The third-order valence-electron chi connectivity index (χ3n) is 5.13. The second kappa shape index (κ2) is 12.2. The van der Waals surface area contributed by atoms with Crippen molar-refractivity contribution in [3.8, 4) is 0 Å². The van der Waals surface area contributed by atoms with Crippen LogP contribution in [0.25, 0.3) is 0 Å². The van der Waals surface area contributed by atoms with Gasteiger partial charge in [0.2, 0.25) is 0 Å². The maximum absolute atomic E-state index is 12.1. The van der Waals surface area contributed by atoms with Crippen LogP contribution in [0.3, 0.4) is 0 Å². The number of unbranched alkanes of at least 4 members (excludes halogenated alkanes) is 3. The lowest BCUT2D eigenvalue weighted by atomic mass is 9.87. The monoisotopic (exact) mass is 370 g/mol. The molecule has 0 spiro atoms. The molecule has 1 aliphatic carbocycles. The van der Waals surface area contributed by atoms with Crippen LogP contribution < -0.4 is 0 Å². The maximum Gasteiger partial charge on any atom is 0.303 e. The topological polar surface area (TPSA) is 115 Å². The Morgan fingerprint density at radius 2 is 1.77 bits per heavy atom. The molecular weight excluding hydrogens is 336 g/mol. The molecule has 5 atom stereocenters. The van der Waals surface area contributed by atoms with Crippen LogP contribution in [0.2, 0.25) is 0 Å². The fourth-order valence-corrected chi connectivity index (χ4v) is 3.58. The summed E-state index contributed by atoms with van der Waals surface area (Å²) in [4.78, 5) is 22.6. The summed E-state index contributed by atoms with van der Waals surface area (Å²) in [5, 5.41) is 39.0. The molecule has 1 fully saturated rings. The quantitative estimate of drug-likeness (QED) is 0.292. The van der Waals surface area contributed by atoms with Gasteiger partial charge in [0, 0.05) is 37.5 Å². The Balaban J connectivity index is 2.50. The number of ketones is 1. The summed E-state index contributed by atoms with van der Waals surface area (Å²) in [5.74, 6) is -1.57. The molecule has 0 amide bonds. The highest BCUT2D eigenvalue weighted by Crippen LogP contribution is 2.36. The molecule has 1 aliphatic rings. The highest BCUT2D eigenvalue weighted by Gasteiger charge is 2.41. The van der Waals surface area contributed by atoms with Gasteiger partial charge in [0.25, 0.3) is 0 Å². The zero-order valence-electron chi connectivity index (χ0n) is 15.7. The molecule has 6 heteroatoms. The molecule has 0 aromatic rings. The van der Waals surface area contributed by atoms with E-state index in [0.717, 1.165) is 19.3 Å². The summed E-state index contributed by atoms with van der Waals surface area (Å²) < 4.78 is 0. The first kappa shape index (κ1) is 22.8. The van der Waals surface area contributed by atoms with Crippen LogP contribution in [0.5, 0.6) is 0 Å². The first-order valence-electron chi connectivity index (χ1n) is 9.81. The summed E-state index contributed by atoms with van der Waals surface area (Å²) in [6.45, 7) is 2.10. The molecule has 0 aliphatic heterocycles. The highest BCUT2D eigenvalue weighted by atomic mass is 16.4. The van der Waals surface area contributed by atoms with Gasteiger partial charge < -0.3 is 20.4 Å². The molecular formula is C20H34O6. The number of Topliss-reactive ketones (excluding diaryl/α,β-unsaturated/α-hetero) is 1. The Labute approximate surface area is 155 Å². The van der Waals surface area contributed by atoms with E-state index in [1.165, 1.54) is 0 Å².